The minimum absolute atomic E-state index is 0.337. The van der Waals surface area contributed by atoms with E-state index in [1.54, 1.807) is 6.07 Å². The molecule has 0 aliphatic carbocycles. The average molecular weight is 295 g/mol. The van der Waals surface area contributed by atoms with E-state index in [4.69, 9.17) is 15.0 Å². The Labute approximate surface area is 121 Å². The van der Waals surface area contributed by atoms with E-state index in [0.29, 0.717) is 35.1 Å². The number of aromatic nitrogens is 3. The highest BCUT2D eigenvalue weighted by atomic mass is 32.2. The first-order valence-electron chi connectivity index (χ1n) is 6.16. The monoisotopic (exact) mass is 295 g/mol. The Morgan fingerprint density at radius 2 is 2.15 bits per heavy atom. The summed E-state index contributed by atoms with van der Waals surface area (Å²) in [5.74, 6) is 7.29. The molecule has 0 radical (unpaired) electrons. The Bertz CT molecular complexity index is 568. The number of oxazole rings is 1. The first-order chi connectivity index (χ1) is 9.62. The Kier molecular flexibility index (Phi) is 4.94. The van der Waals surface area contributed by atoms with E-state index in [9.17, 15) is 0 Å². The van der Waals surface area contributed by atoms with E-state index in [-0.39, 0.29) is 0 Å². The highest BCUT2D eigenvalue weighted by Crippen LogP contribution is 2.28. The lowest BCUT2D eigenvalue weighted by atomic mass is 10.4. The Hall–Kier alpha value is -1.64. The molecule has 2 heterocycles. The predicted octanol–water partition coefficient (Wildman–Crippen LogP) is 2.05. The van der Waals surface area contributed by atoms with Crippen molar-refractivity contribution in [1.29, 1.82) is 0 Å². The van der Waals surface area contributed by atoms with Gasteiger partial charge in [-0.05, 0) is 32.5 Å². The summed E-state index contributed by atoms with van der Waals surface area (Å²) in [6.45, 7) is 6.63. The van der Waals surface area contributed by atoms with Crippen molar-refractivity contribution in [2.24, 2.45) is 5.84 Å². The van der Waals surface area contributed by atoms with Crippen molar-refractivity contribution in [2.45, 2.75) is 37.6 Å². The maximum absolute atomic E-state index is 5.52. The first kappa shape index (κ1) is 14.8. The summed E-state index contributed by atoms with van der Waals surface area (Å²) in [4.78, 5) is 12.9. The number of hydrazine groups is 1. The van der Waals surface area contributed by atoms with Crippen molar-refractivity contribution in [3.8, 4) is 0 Å². The summed E-state index contributed by atoms with van der Waals surface area (Å²) in [7, 11) is 0. The summed E-state index contributed by atoms with van der Waals surface area (Å²) in [5, 5.41) is 1.24. The van der Waals surface area contributed by atoms with Crippen LogP contribution in [0.2, 0.25) is 0 Å². The number of rotatable bonds is 6. The molecular weight excluding hydrogens is 278 g/mol. The van der Waals surface area contributed by atoms with Crippen molar-refractivity contribution in [3.63, 3.8) is 0 Å². The van der Waals surface area contributed by atoms with Gasteiger partial charge in [0.05, 0.1) is 5.69 Å². The molecule has 8 heteroatoms. The predicted molar refractivity (Wildman–Crippen MR) is 75.3 cm³/mol. The van der Waals surface area contributed by atoms with Crippen LogP contribution >= 0.6 is 11.8 Å². The molecule has 2 rings (SSSR count). The fourth-order valence-corrected chi connectivity index (χ4v) is 2.28. The maximum Gasteiger partial charge on any atom is 0.262 e. The molecule has 2 aromatic heterocycles. The highest BCUT2D eigenvalue weighted by molar-refractivity contribution is 7.99. The molecule has 20 heavy (non-hydrogen) atoms. The number of anilines is 1. The van der Waals surface area contributed by atoms with E-state index in [1.165, 1.54) is 11.8 Å². The smallest absolute Gasteiger partial charge is 0.262 e. The molecule has 3 N–H and O–H groups in total. The van der Waals surface area contributed by atoms with Gasteiger partial charge in [-0.1, -0.05) is 0 Å². The van der Waals surface area contributed by atoms with Gasteiger partial charge in [-0.3, -0.25) is 0 Å². The zero-order valence-corrected chi connectivity index (χ0v) is 12.5. The van der Waals surface area contributed by atoms with Crippen molar-refractivity contribution in [1.82, 2.24) is 15.0 Å². The lowest BCUT2D eigenvalue weighted by molar-refractivity contribution is 0.128. The molecule has 0 bridgehead atoms. The molecule has 2 aromatic rings. The largest absolute Gasteiger partial charge is 0.436 e. The van der Waals surface area contributed by atoms with Crippen LogP contribution in [0.1, 0.15) is 24.2 Å². The summed E-state index contributed by atoms with van der Waals surface area (Å²) in [5.41, 5.74) is 3.38. The molecule has 0 amide bonds. The Morgan fingerprint density at radius 3 is 2.75 bits per heavy atom. The zero-order valence-electron chi connectivity index (χ0n) is 11.6. The highest BCUT2D eigenvalue weighted by Gasteiger charge is 2.11. The number of hydrogen-bond donors (Lipinski definition) is 2. The molecular formula is C12H17N5O2S. The molecule has 0 atom stereocenters. The van der Waals surface area contributed by atoms with Gasteiger partial charge in [0.1, 0.15) is 23.2 Å². The normalized spacial score (nSPS) is 10.8. The average Bonchev–Trinajstić information content (AvgIpc) is 2.74. The molecule has 0 saturated carbocycles. The Morgan fingerprint density at radius 1 is 1.35 bits per heavy atom. The number of nitrogens with one attached hydrogen (secondary N) is 1. The summed E-state index contributed by atoms with van der Waals surface area (Å²) >= 11 is 1.32. The van der Waals surface area contributed by atoms with Crippen molar-refractivity contribution in [3.05, 3.63) is 23.3 Å². The van der Waals surface area contributed by atoms with E-state index in [2.05, 4.69) is 20.4 Å². The summed E-state index contributed by atoms with van der Waals surface area (Å²) in [6.07, 6.45) is 0. The van der Waals surface area contributed by atoms with Crippen LogP contribution in [0.4, 0.5) is 5.82 Å². The van der Waals surface area contributed by atoms with Crippen molar-refractivity contribution >= 4 is 17.6 Å². The van der Waals surface area contributed by atoms with E-state index in [0.717, 1.165) is 11.5 Å². The van der Waals surface area contributed by atoms with Gasteiger partial charge in [0.25, 0.3) is 5.22 Å². The van der Waals surface area contributed by atoms with Crippen LogP contribution in [-0.4, -0.2) is 21.6 Å². The quantitative estimate of drug-likeness (QED) is 0.474. The molecule has 0 spiro atoms. The topological polar surface area (TPSA) is 99.1 Å². The maximum atomic E-state index is 5.52. The second-order valence-electron chi connectivity index (χ2n) is 4.01. The molecule has 0 aromatic carbocycles. The summed E-state index contributed by atoms with van der Waals surface area (Å²) in [6, 6.07) is 1.73. The van der Waals surface area contributed by atoms with Crippen LogP contribution in [-0.2, 0) is 11.3 Å². The van der Waals surface area contributed by atoms with Gasteiger partial charge >= 0.3 is 0 Å². The van der Waals surface area contributed by atoms with Gasteiger partial charge in [0, 0.05) is 12.7 Å². The number of nitrogens with two attached hydrogens (primary N) is 1. The van der Waals surface area contributed by atoms with Gasteiger partial charge in [0.2, 0.25) is 0 Å². The number of hydrogen-bond acceptors (Lipinski definition) is 8. The van der Waals surface area contributed by atoms with Crippen LogP contribution < -0.4 is 11.3 Å². The second-order valence-corrected chi connectivity index (χ2v) is 4.98. The molecule has 0 unspecified atom stereocenters. The molecule has 108 valence electrons. The fourth-order valence-electron chi connectivity index (χ4n) is 1.43. The fraction of sp³-hybridized carbons (Fsp3) is 0.417. The van der Waals surface area contributed by atoms with E-state index < -0.39 is 0 Å². The number of nitrogens with zero attached hydrogens (tertiary/aromatic N) is 3. The van der Waals surface area contributed by atoms with Crippen LogP contribution in [0.5, 0.6) is 0 Å². The Balaban J connectivity index is 2.21. The van der Waals surface area contributed by atoms with Crippen molar-refractivity contribution < 1.29 is 9.15 Å². The second kappa shape index (κ2) is 6.69. The van der Waals surface area contributed by atoms with Crippen LogP contribution in [0, 0.1) is 13.8 Å². The lowest BCUT2D eigenvalue weighted by Crippen LogP contribution is -2.11. The minimum Gasteiger partial charge on any atom is -0.436 e. The van der Waals surface area contributed by atoms with E-state index >= 15 is 0 Å². The zero-order chi connectivity index (χ0) is 14.5. The lowest BCUT2D eigenvalue weighted by Gasteiger charge is -2.06. The molecule has 0 fully saturated rings. The standard InChI is InChI=1S/C12H17N5O2S/c1-4-18-6-10-15-9(17-13)5-11(16-10)20-12-14-7(2)8(3)19-12/h5H,4,6,13H2,1-3H3,(H,15,16,17). The van der Waals surface area contributed by atoms with Gasteiger partial charge in [-0.2, -0.15) is 0 Å². The van der Waals surface area contributed by atoms with Crippen molar-refractivity contribution in [2.75, 3.05) is 12.0 Å². The van der Waals surface area contributed by atoms with Gasteiger partial charge in [-0.15, -0.1) is 0 Å². The number of ether oxygens (including phenoxy) is 1. The minimum atomic E-state index is 0.337. The van der Waals surface area contributed by atoms with Crippen LogP contribution in [0.15, 0.2) is 20.7 Å². The SMILES string of the molecule is CCOCc1nc(NN)cc(Sc2nc(C)c(C)o2)n1. The number of nitrogen functional groups attached to an aromatic ring is 1. The third kappa shape index (κ3) is 3.69. The molecule has 7 nitrogen and oxygen atoms in total. The van der Waals surface area contributed by atoms with E-state index in [1.807, 2.05) is 20.8 Å². The number of aryl methyl sites for hydroxylation is 2. The third-order valence-corrected chi connectivity index (χ3v) is 3.30. The van der Waals surface area contributed by atoms with Crippen LogP contribution in [0.3, 0.4) is 0 Å². The molecule has 0 aliphatic heterocycles. The van der Waals surface area contributed by atoms with Gasteiger partial charge < -0.3 is 14.6 Å². The molecule has 0 aliphatic rings. The summed E-state index contributed by atoms with van der Waals surface area (Å²) < 4.78 is 10.8. The third-order valence-electron chi connectivity index (χ3n) is 2.53. The first-order valence-corrected chi connectivity index (χ1v) is 6.98. The molecule has 0 saturated heterocycles. The van der Waals surface area contributed by atoms with Gasteiger partial charge in [-0.25, -0.2) is 20.8 Å². The van der Waals surface area contributed by atoms with Gasteiger partial charge in [0.15, 0.2) is 5.82 Å². The van der Waals surface area contributed by atoms with Crippen LogP contribution in [0.25, 0.3) is 0 Å².